The summed E-state index contributed by atoms with van der Waals surface area (Å²) in [5.41, 5.74) is 0.143. The number of carbonyl (C=O) groups is 6. The average molecular weight is 701 g/mol. The summed E-state index contributed by atoms with van der Waals surface area (Å²) in [5, 5.41) is 0. The van der Waals surface area contributed by atoms with Gasteiger partial charge in [0.15, 0.2) is 0 Å². The highest BCUT2D eigenvalue weighted by molar-refractivity contribution is 5.92. The van der Waals surface area contributed by atoms with Crippen LogP contribution in [0, 0.1) is 17.8 Å². The van der Waals surface area contributed by atoms with Crippen LogP contribution in [0.1, 0.15) is 91.5 Å². The zero-order chi connectivity index (χ0) is 37.6. The van der Waals surface area contributed by atoms with Gasteiger partial charge < -0.3 is 29.1 Å². The van der Waals surface area contributed by atoms with Crippen molar-refractivity contribution in [1.82, 2.24) is 19.6 Å². The molecule has 4 amide bonds. The number of nitrogens with zero attached hydrogens (tertiary/aromatic N) is 4. The van der Waals surface area contributed by atoms with Gasteiger partial charge in [0.25, 0.3) is 0 Å². The summed E-state index contributed by atoms with van der Waals surface area (Å²) in [6.45, 7) is 8.35. The molecule has 1 fully saturated rings. The van der Waals surface area contributed by atoms with Crippen LogP contribution in [-0.2, 0) is 44.8 Å². The van der Waals surface area contributed by atoms with Gasteiger partial charge in [-0.05, 0) is 44.6 Å². The third-order valence-corrected chi connectivity index (χ3v) is 9.41. The lowest BCUT2D eigenvalue weighted by Crippen LogP contribution is -2.53. The molecular weight excluding hydrogens is 640 g/mol. The largest absolute Gasteiger partial charge is 0.461 e. The normalized spacial score (nSPS) is 15.2. The molecule has 0 aromatic heterocycles. The van der Waals surface area contributed by atoms with Gasteiger partial charge in [-0.2, -0.15) is 0 Å². The Labute approximate surface area is 298 Å². The van der Waals surface area contributed by atoms with E-state index in [-0.39, 0.29) is 56.3 Å². The van der Waals surface area contributed by atoms with Crippen LogP contribution in [0.15, 0.2) is 30.3 Å². The van der Waals surface area contributed by atoms with Crippen molar-refractivity contribution in [3.05, 3.63) is 35.9 Å². The molecule has 0 unspecified atom stereocenters. The standard InChI is InChI=1S/C38H60N4O8/c1-10-27(2)30(22-34(45)49-26-29-19-15-12-16-20-29)36(47)40(7)23-32(43)39(6)24-33(44)42(9)31(21-28-17-13-11-14-18-28)37(48)41(8)25-35(46)50-38(3,4)5/h12,15-16,19-20,27-28,30-31H,10-11,13-14,17-18,21-26H2,1-9H3/t27-,30-,31-/m0/s1. The van der Waals surface area contributed by atoms with Crippen molar-refractivity contribution in [2.45, 2.75) is 104 Å². The lowest BCUT2D eigenvalue weighted by Gasteiger charge is -2.35. The monoisotopic (exact) mass is 700 g/mol. The van der Waals surface area contributed by atoms with Gasteiger partial charge in [0, 0.05) is 28.2 Å². The second-order valence-corrected chi connectivity index (χ2v) is 14.8. The van der Waals surface area contributed by atoms with E-state index in [9.17, 15) is 28.8 Å². The molecule has 50 heavy (non-hydrogen) atoms. The number of rotatable bonds is 17. The number of esters is 2. The molecule has 0 N–H and O–H groups in total. The van der Waals surface area contributed by atoms with Gasteiger partial charge >= 0.3 is 11.9 Å². The van der Waals surface area contributed by atoms with Crippen molar-refractivity contribution in [3.63, 3.8) is 0 Å². The van der Waals surface area contributed by atoms with Crippen LogP contribution in [-0.4, -0.2) is 115 Å². The molecule has 12 heteroatoms. The van der Waals surface area contributed by atoms with Crippen molar-refractivity contribution in [2.75, 3.05) is 47.8 Å². The Balaban J connectivity index is 2.05. The smallest absolute Gasteiger partial charge is 0.326 e. The molecular formula is C38H60N4O8. The minimum atomic E-state index is -0.816. The van der Waals surface area contributed by atoms with Crippen LogP contribution in [0.2, 0.25) is 0 Å². The van der Waals surface area contributed by atoms with Crippen LogP contribution >= 0.6 is 0 Å². The molecule has 0 saturated heterocycles. The fraction of sp³-hybridized carbons (Fsp3) is 0.684. The topological polar surface area (TPSA) is 134 Å². The molecule has 0 bridgehead atoms. The van der Waals surface area contributed by atoms with E-state index in [1.54, 1.807) is 27.8 Å². The summed E-state index contributed by atoms with van der Waals surface area (Å²) in [6.07, 6.45) is 6.18. The SMILES string of the molecule is CC[C@H](C)[C@H](CC(=O)OCc1ccccc1)C(=O)N(C)CC(=O)N(C)CC(=O)N(C)[C@@H](CC1CCCCC1)C(=O)N(C)CC(=O)OC(C)(C)C. The predicted molar refractivity (Wildman–Crippen MR) is 190 cm³/mol. The van der Waals surface area contributed by atoms with Crippen LogP contribution in [0.25, 0.3) is 0 Å². The molecule has 3 atom stereocenters. The molecule has 1 aromatic rings. The number of likely N-dealkylation sites (N-methyl/N-ethyl adjacent to an activating group) is 4. The summed E-state index contributed by atoms with van der Waals surface area (Å²) < 4.78 is 10.8. The van der Waals surface area contributed by atoms with Crippen LogP contribution in [0.4, 0.5) is 0 Å². The molecule has 1 saturated carbocycles. The zero-order valence-electron chi connectivity index (χ0n) is 31.7. The molecule has 0 spiro atoms. The number of hydrogen-bond donors (Lipinski definition) is 0. The number of benzene rings is 1. The first-order valence-corrected chi connectivity index (χ1v) is 17.8. The molecule has 1 aromatic carbocycles. The fourth-order valence-electron chi connectivity index (χ4n) is 6.12. The fourth-order valence-corrected chi connectivity index (χ4v) is 6.12. The van der Waals surface area contributed by atoms with Crippen molar-refractivity contribution in [3.8, 4) is 0 Å². The maximum atomic E-state index is 13.7. The number of ether oxygens (including phenoxy) is 2. The molecule has 0 radical (unpaired) electrons. The maximum absolute atomic E-state index is 13.7. The van der Waals surface area contributed by atoms with Gasteiger partial charge in [0.1, 0.15) is 24.8 Å². The van der Waals surface area contributed by atoms with Crippen molar-refractivity contribution in [2.24, 2.45) is 17.8 Å². The van der Waals surface area contributed by atoms with Crippen LogP contribution in [0.3, 0.4) is 0 Å². The summed E-state index contributed by atoms with van der Waals surface area (Å²) in [7, 11) is 6.06. The summed E-state index contributed by atoms with van der Waals surface area (Å²) in [6, 6.07) is 8.46. The maximum Gasteiger partial charge on any atom is 0.326 e. The van der Waals surface area contributed by atoms with Crippen LogP contribution < -0.4 is 0 Å². The molecule has 1 aliphatic carbocycles. The first-order valence-electron chi connectivity index (χ1n) is 17.8. The molecule has 12 nitrogen and oxygen atoms in total. The average Bonchev–Trinajstić information content (AvgIpc) is 3.07. The highest BCUT2D eigenvalue weighted by atomic mass is 16.6. The summed E-state index contributed by atoms with van der Waals surface area (Å²) in [4.78, 5) is 84.4. The van der Waals surface area contributed by atoms with Gasteiger partial charge in [-0.25, -0.2) is 0 Å². The van der Waals surface area contributed by atoms with Gasteiger partial charge in [-0.15, -0.1) is 0 Å². The van der Waals surface area contributed by atoms with E-state index in [0.29, 0.717) is 12.8 Å². The third-order valence-electron chi connectivity index (χ3n) is 9.41. The van der Waals surface area contributed by atoms with E-state index in [0.717, 1.165) is 37.7 Å². The van der Waals surface area contributed by atoms with E-state index in [4.69, 9.17) is 9.47 Å². The van der Waals surface area contributed by atoms with Gasteiger partial charge in [-0.3, -0.25) is 28.8 Å². The number of carbonyl (C=O) groups excluding carboxylic acids is 6. The molecule has 2 rings (SSSR count). The molecule has 280 valence electrons. The van der Waals surface area contributed by atoms with E-state index < -0.39 is 41.3 Å². The Morgan fingerprint density at radius 3 is 1.94 bits per heavy atom. The summed E-state index contributed by atoms with van der Waals surface area (Å²) >= 11 is 0. The van der Waals surface area contributed by atoms with Crippen molar-refractivity contribution in [1.29, 1.82) is 0 Å². The lowest BCUT2D eigenvalue weighted by molar-refractivity contribution is -0.159. The van der Waals surface area contributed by atoms with Gasteiger partial charge in [0.05, 0.1) is 25.4 Å². The molecule has 0 aliphatic heterocycles. The minimum Gasteiger partial charge on any atom is -0.461 e. The second-order valence-electron chi connectivity index (χ2n) is 14.8. The van der Waals surface area contributed by atoms with Gasteiger partial charge in [0.2, 0.25) is 23.6 Å². The predicted octanol–water partition coefficient (Wildman–Crippen LogP) is 4.30. The minimum absolute atomic E-state index is 0.107. The Bertz CT molecular complexity index is 1290. The van der Waals surface area contributed by atoms with E-state index in [1.165, 1.54) is 40.7 Å². The molecule has 1 aliphatic rings. The van der Waals surface area contributed by atoms with Gasteiger partial charge in [-0.1, -0.05) is 82.7 Å². The molecule has 0 heterocycles. The summed E-state index contributed by atoms with van der Waals surface area (Å²) in [5.74, 6) is -3.21. The quantitative estimate of drug-likeness (QED) is 0.220. The van der Waals surface area contributed by atoms with E-state index in [2.05, 4.69) is 0 Å². The van der Waals surface area contributed by atoms with Crippen molar-refractivity contribution >= 4 is 35.6 Å². The van der Waals surface area contributed by atoms with Crippen molar-refractivity contribution < 1.29 is 38.2 Å². The Morgan fingerprint density at radius 1 is 0.780 bits per heavy atom. The second kappa shape index (κ2) is 20.0. The first-order chi connectivity index (χ1) is 23.4. The highest BCUT2D eigenvalue weighted by Crippen LogP contribution is 2.29. The third kappa shape index (κ3) is 14.1. The Kier molecular flexibility index (Phi) is 16.9. The van der Waals surface area contributed by atoms with Crippen LogP contribution in [0.5, 0.6) is 0 Å². The first kappa shape index (κ1) is 42.2. The zero-order valence-corrected chi connectivity index (χ0v) is 31.7. The number of amides is 4. The Morgan fingerprint density at radius 2 is 1.36 bits per heavy atom. The van der Waals surface area contributed by atoms with E-state index >= 15 is 0 Å². The number of hydrogen-bond acceptors (Lipinski definition) is 8. The highest BCUT2D eigenvalue weighted by Gasteiger charge is 2.35. The lowest BCUT2D eigenvalue weighted by atomic mass is 9.84. The van der Waals surface area contributed by atoms with E-state index in [1.807, 2.05) is 44.2 Å². The Hall–Kier alpha value is -3.96.